The summed E-state index contributed by atoms with van der Waals surface area (Å²) in [7, 11) is 1.91. The fourth-order valence-electron chi connectivity index (χ4n) is 4.68. The lowest BCUT2D eigenvalue weighted by Crippen LogP contribution is -2.42. The van der Waals surface area contributed by atoms with Crippen LogP contribution in [0.25, 0.3) is 0 Å². The molecule has 2 fully saturated rings. The standard InChI is InChI=1S/C21H32N4O/c1-22-21(25-12-8-17(16-25)15-24-10-4-5-11-24)23-14-18-9-13-26-20-7-3-2-6-19(18)20/h2-3,6-7,17-18H,4-5,8-16H2,1H3,(H,22,23). The van der Waals surface area contributed by atoms with Gasteiger partial charge in [-0.15, -0.1) is 0 Å². The topological polar surface area (TPSA) is 40.1 Å². The molecule has 0 saturated carbocycles. The number of nitrogens with zero attached hydrogens (tertiary/aromatic N) is 3. The van der Waals surface area contributed by atoms with Gasteiger partial charge >= 0.3 is 0 Å². The highest BCUT2D eigenvalue weighted by Crippen LogP contribution is 2.32. The molecule has 142 valence electrons. The van der Waals surface area contributed by atoms with E-state index in [4.69, 9.17) is 4.74 Å². The van der Waals surface area contributed by atoms with Gasteiger partial charge in [-0.2, -0.15) is 0 Å². The van der Waals surface area contributed by atoms with E-state index in [9.17, 15) is 0 Å². The van der Waals surface area contributed by atoms with Gasteiger partial charge in [0.1, 0.15) is 5.75 Å². The largest absolute Gasteiger partial charge is 0.493 e. The monoisotopic (exact) mass is 356 g/mol. The fraction of sp³-hybridized carbons (Fsp3) is 0.667. The van der Waals surface area contributed by atoms with E-state index in [1.165, 1.54) is 44.5 Å². The molecule has 3 aliphatic rings. The molecule has 0 spiro atoms. The van der Waals surface area contributed by atoms with Crippen LogP contribution >= 0.6 is 0 Å². The quantitative estimate of drug-likeness (QED) is 0.665. The molecule has 3 heterocycles. The van der Waals surface area contributed by atoms with E-state index in [0.717, 1.165) is 50.3 Å². The maximum Gasteiger partial charge on any atom is 0.193 e. The van der Waals surface area contributed by atoms with Crippen molar-refractivity contribution in [2.24, 2.45) is 10.9 Å². The maximum absolute atomic E-state index is 5.79. The van der Waals surface area contributed by atoms with E-state index in [1.807, 2.05) is 7.05 Å². The van der Waals surface area contributed by atoms with Gasteiger partial charge in [-0.1, -0.05) is 18.2 Å². The highest BCUT2D eigenvalue weighted by Gasteiger charge is 2.28. The Morgan fingerprint density at radius 1 is 1.19 bits per heavy atom. The number of hydrogen-bond donors (Lipinski definition) is 1. The summed E-state index contributed by atoms with van der Waals surface area (Å²) in [5, 5.41) is 3.64. The molecule has 5 heteroatoms. The van der Waals surface area contributed by atoms with Crippen LogP contribution in [0.3, 0.4) is 0 Å². The predicted molar refractivity (Wildman–Crippen MR) is 106 cm³/mol. The van der Waals surface area contributed by atoms with Crippen LogP contribution in [0, 0.1) is 5.92 Å². The second-order valence-electron chi connectivity index (χ2n) is 7.91. The average molecular weight is 357 g/mol. The number of benzene rings is 1. The maximum atomic E-state index is 5.79. The molecule has 0 amide bonds. The number of ether oxygens (including phenoxy) is 1. The number of fused-ring (bicyclic) bond motifs is 1. The molecule has 4 rings (SSSR count). The molecule has 3 aliphatic heterocycles. The van der Waals surface area contributed by atoms with Crippen LogP contribution in [0.1, 0.15) is 37.2 Å². The minimum Gasteiger partial charge on any atom is -0.493 e. The van der Waals surface area contributed by atoms with Crippen LogP contribution in [0.2, 0.25) is 0 Å². The Morgan fingerprint density at radius 3 is 2.88 bits per heavy atom. The molecule has 1 N–H and O–H groups in total. The van der Waals surface area contributed by atoms with Gasteiger partial charge in [0.15, 0.2) is 5.96 Å². The second-order valence-corrected chi connectivity index (χ2v) is 7.91. The third-order valence-corrected chi connectivity index (χ3v) is 6.10. The Morgan fingerprint density at radius 2 is 2.04 bits per heavy atom. The summed E-state index contributed by atoms with van der Waals surface area (Å²) < 4.78 is 5.79. The highest BCUT2D eigenvalue weighted by molar-refractivity contribution is 5.80. The fourth-order valence-corrected chi connectivity index (χ4v) is 4.68. The van der Waals surface area contributed by atoms with Crippen LogP contribution in [-0.4, -0.2) is 68.7 Å². The second kappa shape index (κ2) is 8.30. The third kappa shape index (κ3) is 3.98. The van der Waals surface area contributed by atoms with Crippen molar-refractivity contribution in [3.63, 3.8) is 0 Å². The molecule has 1 aromatic carbocycles. The van der Waals surface area contributed by atoms with Gasteiger partial charge in [0, 0.05) is 39.1 Å². The van der Waals surface area contributed by atoms with Gasteiger partial charge in [-0.3, -0.25) is 4.99 Å². The predicted octanol–water partition coefficient (Wildman–Crippen LogP) is 2.55. The lowest BCUT2D eigenvalue weighted by atomic mass is 9.93. The molecular weight excluding hydrogens is 324 g/mol. The minimum atomic E-state index is 0.500. The zero-order valence-corrected chi connectivity index (χ0v) is 16.0. The molecule has 0 bridgehead atoms. The Balaban J connectivity index is 1.30. The summed E-state index contributed by atoms with van der Waals surface area (Å²) in [6.07, 6.45) is 5.12. The Hall–Kier alpha value is -1.75. The highest BCUT2D eigenvalue weighted by atomic mass is 16.5. The zero-order valence-electron chi connectivity index (χ0n) is 16.0. The van der Waals surface area contributed by atoms with Gasteiger partial charge in [0.25, 0.3) is 0 Å². The summed E-state index contributed by atoms with van der Waals surface area (Å²) in [6, 6.07) is 8.45. The average Bonchev–Trinajstić information content (AvgIpc) is 3.35. The van der Waals surface area contributed by atoms with Gasteiger partial charge < -0.3 is 19.9 Å². The van der Waals surface area contributed by atoms with Crippen LogP contribution in [0.15, 0.2) is 29.3 Å². The first kappa shape index (κ1) is 17.7. The first-order valence-corrected chi connectivity index (χ1v) is 10.2. The van der Waals surface area contributed by atoms with Crippen molar-refractivity contribution in [1.82, 2.24) is 15.1 Å². The number of guanidine groups is 1. The molecule has 0 aromatic heterocycles. The molecule has 26 heavy (non-hydrogen) atoms. The molecule has 5 nitrogen and oxygen atoms in total. The van der Waals surface area contributed by atoms with Gasteiger partial charge in [-0.05, 0) is 56.3 Å². The zero-order chi connectivity index (χ0) is 17.8. The number of nitrogens with one attached hydrogen (secondary N) is 1. The number of para-hydroxylation sites is 1. The molecule has 0 aliphatic carbocycles. The molecule has 1 aromatic rings. The third-order valence-electron chi connectivity index (χ3n) is 6.10. The van der Waals surface area contributed by atoms with E-state index in [1.54, 1.807) is 0 Å². The van der Waals surface area contributed by atoms with Crippen molar-refractivity contribution in [1.29, 1.82) is 0 Å². The van der Waals surface area contributed by atoms with Crippen molar-refractivity contribution in [3.05, 3.63) is 29.8 Å². The summed E-state index contributed by atoms with van der Waals surface area (Å²) in [6.45, 7) is 7.87. The normalized spacial score (nSPS) is 26.7. The molecule has 2 atom stereocenters. The first-order chi connectivity index (χ1) is 12.8. The van der Waals surface area contributed by atoms with Crippen LogP contribution in [-0.2, 0) is 0 Å². The minimum absolute atomic E-state index is 0.500. The van der Waals surface area contributed by atoms with Crippen molar-refractivity contribution in [3.8, 4) is 5.75 Å². The smallest absolute Gasteiger partial charge is 0.193 e. The van der Waals surface area contributed by atoms with E-state index < -0.39 is 0 Å². The van der Waals surface area contributed by atoms with Crippen molar-refractivity contribution in [2.75, 3.05) is 52.9 Å². The number of rotatable bonds is 4. The van der Waals surface area contributed by atoms with E-state index in [2.05, 4.69) is 44.4 Å². The Kier molecular flexibility index (Phi) is 5.63. The number of aliphatic imine (C=N–C) groups is 1. The first-order valence-electron chi connectivity index (χ1n) is 10.2. The van der Waals surface area contributed by atoms with Gasteiger partial charge in [0.2, 0.25) is 0 Å². The summed E-state index contributed by atoms with van der Waals surface area (Å²) >= 11 is 0. The van der Waals surface area contributed by atoms with Crippen molar-refractivity contribution >= 4 is 5.96 Å². The Labute approximate surface area is 157 Å². The molecular formula is C21H32N4O. The number of likely N-dealkylation sites (tertiary alicyclic amines) is 2. The molecule has 2 unspecified atom stereocenters. The summed E-state index contributed by atoms with van der Waals surface area (Å²) in [5.74, 6) is 3.40. The van der Waals surface area contributed by atoms with E-state index in [-0.39, 0.29) is 0 Å². The van der Waals surface area contributed by atoms with Crippen molar-refractivity contribution in [2.45, 2.75) is 31.6 Å². The van der Waals surface area contributed by atoms with Crippen LogP contribution < -0.4 is 10.1 Å². The van der Waals surface area contributed by atoms with Crippen LogP contribution in [0.5, 0.6) is 5.75 Å². The van der Waals surface area contributed by atoms with E-state index in [0.29, 0.717) is 5.92 Å². The Bertz CT molecular complexity index is 626. The SMILES string of the molecule is CN=C(NCC1CCOc2ccccc21)N1CCC(CN2CCCC2)C1. The lowest BCUT2D eigenvalue weighted by molar-refractivity contribution is 0.266. The molecule has 0 radical (unpaired) electrons. The molecule has 2 saturated heterocycles. The summed E-state index contributed by atoms with van der Waals surface area (Å²) in [4.78, 5) is 9.66. The van der Waals surface area contributed by atoms with Gasteiger partial charge in [-0.25, -0.2) is 0 Å². The number of hydrogen-bond acceptors (Lipinski definition) is 3. The van der Waals surface area contributed by atoms with E-state index >= 15 is 0 Å². The lowest BCUT2D eigenvalue weighted by Gasteiger charge is -2.28. The van der Waals surface area contributed by atoms with Gasteiger partial charge in [0.05, 0.1) is 6.61 Å². The van der Waals surface area contributed by atoms with Crippen molar-refractivity contribution < 1.29 is 4.74 Å². The van der Waals surface area contributed by atoms with Crippen LogP contribution in [0.4, 0.5) is 0 Å². The summed E-state index contributed by atoms with van der Waals surface area (Å²) in [5.41, 5.74) is 1.33.